The summed E-state index contributed by atoms with van der Waals surface area (Å²) in [6.45, 7) is 0. The van der Waals surface area contributed by atoms with Crippen LogP contribution < -0.4 is 10.5 Å². The number of hydrogen-bond donors (Lipinski definition) is 1. The second kappa shape index (κ2) is 6.34. The lowest BCUT2D eigenvalue weighted by Gasteiger charge is -2.12. The van der Waals surface area contributed by atoms with Gasteiger partial charge in [0.15, 0.2) is 0 Å². The fourth-order valence-corrected chi connectivity index (χ4v) is 2.03. The maximum atomic E-state index is 12.8. The molecule has 0 aliphatic carbocycles. The molecule has 2 aromatic rings. The molecule has 0 spiro atoms. The Kier molecular flexibility index (Phi) is 4.53. The van der Waals surface area contributed by atoms with Gasteiger partial charge in [-0.05, 0) is 48.2 Å². The van der Waals surface area contributed by atoms with Gasteiger partial charge in [-0.25, -0.2) is 4.39 Å². The molecular formula is C16H18FNO. The zero-order valence-electron chi connectivity index (χ0n) is 11.0. The lowest BCUT2D eigenvalue weighted by molar-refractivity contribution is 0.414. The van der Waals surface area contributed by atoms with Crippen molar-refractivity contribution in [2.45, 2.75) is 18.9 Å². The van der Waals surface area contributed by atoms with Crippen molar-refractivity contribution in [2.24, 2.45) is 5.73 Å². The van der Waals surface area contributed by atoms with Crippen LogP contribution in [-0.4, -0.2) is 7.11 Å². The Hall–Kier alpha value is -1.87. The van der Waals surface area contributed by atoms with Crippen LogP contribution in [0.15, 0.2) is 48.5 Å². The lowest BCUT2D eigenvalue weighted by Crippen LogP contribution is -2.11. The third-order valence-corrected chi connectivity index (χ3v) is 3.18. The smallest absolute Gasteiger partial charge is 0.123 e. The first-order chi connectivity index (χ1) is 9.19. The number of ether oxygens (including phenoxy) is 1. The highest BCUT2D eigenvalue weighted by Crippen LogP contribution is 2.19. The first kappa shape index (κ1) is 13.6. The Labute approximate surface area is 113 Å². The minimum Gasteiger partial charge on any atom is -0.497 e. The maximum Gasteiger partial charge on any atom is 0.123 e. The average molecular weight is 259 g/mol. The van der Waals surface area contributed by atoms with E-state index in [2.05, 4.69) is 6.07 Å². The predicted molar refractivity (Wildman–Crippen MR) is 74.6 cm³/mol. The highest BCUT2D eigenvalue weighted by Gasteiger charge is 2.06. The zero-order valence-corrected chi connectivity index (χ0v) is 11.0. The summed E-state index contributed by atoms with van der Waals surface area (Å²) in [5.74, 6) is 0.622. The SMILES string of the molecule is COc1cccc(CCC(N)c2ccc(F)cc2)c1. The van der Waals surface area contributed by atoms with Gasteiger partial charge in [-0.15, -0.1) is 0 Å². The van der Waals surface area contributed by atoms with Crippen LogP contribution in [-0.2, 0) is 6.42 Å². The van der Waals surface area contributed by atoms with E-state index in [0.717, 1.165) is 24.2 Å². The van der Waals surface area contributed by atoms with Crippen LogP contribution in [0.1, 0.15) is 23.6 Å². The highest BCUT2D eigenvalue weighted by molar-refractivity contribution is 5.29. The summed E-state index contributed by atoms with van der Waals surface area (Å²) in [4.78, 5) is 0. The lowest BCUT2D eigenvalue weighted by atomic mass is 10.00. The number of hydrogen-bond acceptors (Lipinski definition) is 2. The summed E-state index contributed by atoms with van der Waals surface area (Å²) < 4.78 is 18.0. The molecule has 0 heterocycles. The Bertz CT molecular complexity index is 525. The zero-order chi connectivity index (χ0) is 13.7. The Morgan fingerprint density at radius 3 is 2.58 bits per heavy atom. The molecule has 1 atom stereocenters. The van der Waals surface area contributed by atoms with Crippen LogP contribution in [0.3, 0.4) is 0 Å². The van der Waals surface area contributed by atoms with Crippen molar-refractivity contribution in [2.75, 3.05) is 7.11 Å². The fourth-order valence-electron chi connectivity index (χ4n) is 2.03. The molecule has 3 heteroatoms. The van der Waals surface area contributed by atoms with Gasteiger partial charge < -0.3 is 10.5 Å². The topological polar surface area (TPSA) is 35.2 Å². The van der Waals surface area contributed by atoms with Crippen LogP contribution in [0.2, 0.25) is 0 Å². The number of rotatable bonds is 5. The number of methoxy groups -OCH3 is 1. The first-order valence-electron chi connectivity index (χ1n) is 6.33. The molecule has 2 aromatic carbocycles. The summed E-state index contributed by atoms with van der Waals surface area (Å²) in [6, 6.07) is 14.3. The van der Waals surface area contributed by atoms with Crippen LogP contribution in [0.4, 0.5) is 4.39 Å². The molecule has 0 aliphatic rings. The van der Waals surface area contributed by atoms with Gasteiger partial charge in [0.1, 0.15) is 11.6 Å². The molecule has 100 valence electrons. The van der Waals surface area contributed by atoms with E-state index >= 15 is 0 Å². The van der Waals surface area contributed by atoms with Crippen molar-refractivity contribution in [3.05, 3.63) is 65.5 Å². The molecule has 0 saturated carbocycles. The van der Waals surface area contributed by atoms with Gasteiger partial charge in [-0.3, -0.25) is 0 Å². The minimum atomic E-state index is -0.233. The van der Waals surface area contributed by atoms with E-state index in [1.165, 1.54) is 17.7 Å². The normalized spacial score (nSPS) is 12.2. The summed E-state index contributed by atoms with van der Waals surface area (Å²) in [5.41, 5.74) is 8.26. The summed E-state index contributed by atoms with van der Waals surface area (Å²) in [6.07, 6.45) is 1.69. The van der Waals surface area contributed by atoms with Crippen molar-refractivity contribution >= 4 is 0 Å². The van der Waals surface area contributed by atoms with Crippen LogP contribution in [0, 0.1) is 5.82 Å². The molecule has 2 nitrogen and oxygen atoms in total. The summed E-state index contributed by atoms with van der Waals surface area (Å²) >= 11 is 0. The van der Waals surface area contributed by atoms with Crippen LogP contribution in [0.25, 0.3) is 0 Å². The van der Waals surface area contributed by atoms with Gasteiger partial charge in [0.05, 0.1) is 7.11 Å². The van der Waals surface area contributed by atoms with Gasteiger partial charge >= 0.3 is 0 Å². The second-order valence-electron chi connectivity index (χ2n) is 4.55. The molecule has 0 aliphatic heterocycles. The molecule has 19 heavy (non-hydrogen) atoms. The van der Waals surface area contributed by atoms with Crippen molar-refractivity contribution in [3.8, 4) is 5.75 Å². The largest absolute Gasteiger partial charge is 0.497 e. The molecule has 0 amide bonds. The van der Waals surface area contributed by atoms with Gasteiger partial charge in [-0.1, -0.05) is 24.3 Å². The molecule has 0 radical (unpaired) electrons. The third kappa shape index (κ3) is 3.80. The summed E-state index contributed by atoms with van der Waals surface area (Å²) in [5, 5.41) is 0. The molecule has 1 unspecified atom stereocenters. The highest BCUT2D eigenvalue weighted by atomic mass is 19.1. The van der Waals surface area contributed by atoms with E-state index in [1.54, 1.807) is 19.2 Å². The monoisotopic (exact) mass is 259 g/mol. The van der Waals surface area contributed by atoms with Crippen molar-refractivity contribution in [1.29, 1.82) is 0 Å². The van der Waals surface area contributed by atoms with Crippen molar-refractivity contribution in [3.63, 3.8) is 0 Å². The number of halogens is 1. The quantitative estimate of drug-likeness (QED) is 0.892. The predicted octanol–water partition coefficient (Wildman–Crippen LogP) is 3.47. The van der Waals surface area contributed by atoms with Crippen LogP contribution >= 0.6 is 0 Å². The van der Waals surface area contributed by atoms with E-state index < -0.39 is 0 Å². The van der Waals surface area contributed by atoms with Gasteiger partial charge in [-0.2, -0.15) is 0 Å². The van der Waals surface area contributed by atoms with E-state index in [1.807, 2.05) is 18.2 Å². The standard InChI is InChI=1S/C16H18FNO/c1-19-15-4-2-3-12(11-15)5-10-16(18)13-6-8-14(17)9-7-13/h2-4,6-9,11,16H,5,10,18H2,1H3. The van der Waals surface area contributed by atoms with Gasteiger partial charge in [0, 0.05) is 6.04 Å². The Morgan fingerprint density at radius 1 is 1.16 bits per heavy atom. The first-order valence-corrected chi connectivity index (χ1v) is 6.33. The Morgan fingerprint density at radius 2 is 1.89 bits per heavy atom. The third-order valence-electron chi connectivity index (χ3n) is 3.18. The Balaban J connectivity index is 1.96. The van der Waals surface area contributed by atoms with Gasteiger partial charge in [0.25, 0.3) is 0 Å². The van der Waals surface area contributed by atoms with Crippen molar-refractivity contribution < 1.29 is 9.13 Å². The number of nitrogens with two attached hydrogens (primary N) is 1. The van der Waals surface area contributed by atoms with E-state index in [-0.39, 0.29) is 11.9 Å². The van der Waals surface area contributed by atoms with E-state index in [0.29, 0.717) is 0 Å². The molecule has 0 bridgehead atoms. The van der Waals surface area contributed by atoms with Gasteiger partial charge in [0.2, 0.25) is 0 Å². The average Bonchev–Trinajstić information content (AvgIpc) is 2.46. The molecular weight excluding hydrogens is 241 g/mol. The number of aryl methyl sites for hydroxylation is 1. The fraction of sp³-hybridized carbons (Fsp3) is 0.250. The minimum absolute atomic E-state index is 0.0770. The summed E-state index contributed by atoms with van der Waals surface area (Å²) in [7, 11) is 1.66. The second-order valence-corrected chi connectivity index (χ2v) is 4.55. The van der Waals surface area contributed by atoms with E-state index in [9.17, 15) is 4.39 Å². The molecule has 0 saturated heterocycles. The van der Waals surface area contributed by atoms with Crippen LogP contribution in [0.5, 0.6) is 5.75 Å². The maximum absolute atomic E-state index is 12.8. The molecule has 2 N–H and O–H groups in total. The van der Waals surface area contributed by atoms with E-state index in [4.69, 9.17) is 10.5 Å². The van der Waals surface area contributed by atoms with Crippen molar-refractivity contribution in [1.82, 2.24) is 0 Å². The molecule has 0 aromatic heterocycles. The molecule has 2 rings (SSSR count). The molecule has 0 fully saturated rings. The number of benzene rings is 2.